The largest absolute Gasteiger partial charge is 0.493 e. The van der Waals surface area contributed by atoms with E-state index >= 15 is 0 Å². The van der Waals surface area contributed by atoms with Gasteiger partial charge in [0.25, 0.3) is 0 Å². The van der Waals surface area contributed by atoms with Gasteiger partial charge in [-0.15, -0.1) is 0 Å². The second kappa shape index (κ2) is 11.8. The zero-order valence-corrected chi connectivity index (χ0v) is 19.7. The molecule has 2 nitrogen and oxygen atoms in total. The molecule has 1 aliphatic heterocycles. The lowest BCUT2D eigenvalue weighted by Gasteiger charge is -2.11. The lowest BCUT2D eigenvalue weighted by Crippen LogP contribution is -2.03. The highest BCUT2D eigenvalue weighted by atomic mass is 15.2. The van der Waals surface area contributed by atoms with Crippen LogP contribution in [0, 0.1) is 0 Å². The van der Waals surface area contributed by atoms with Crippen molar-refractivity contribution in [2.75, 3.05) is 0 Å². The fraction of sp³-hybridized carbons (Fsp3) is 0.448. The van der Waals surface area contributed by atoms with Crippen molar-refractivity contribution < 1.29 is 4.70 Å². The van der Waals surface area contributed by atoms with Gasteiger partial charge < -0.3 is 5.53 Å². The SMILES string of the molecule is CCCCCc1cccc(C2=C(CCCC)C=C(c3cccc(CCCC)c3)[N+]2=[N-])c1. The average molecular weight is 415 g/mol. The highest BCUT2D eigenvalue weighted by Crippen LogP contribution is 2.37. The molecule has 0 N–H and O–H groups in total. The van der Waals surface area contributed by atoms with Crippen LogP contribution < -0.4 is 0 Å². The minimum Gasteiger partial charge on any atom is -0.493 e. The van der Waals surface area contributed by atoms with Gasteiger partial charge in [-0.2, -0.15) is 0 Å². The summed E-state index contributed by atoms with van der Waals surface area (Å²) in [6.45, 7) is 6.70. The van der Waals surface area contributed by atoms with E-state index in [9.17, 15) is 5.53 Å². The number of allylic oxidation sites excluding steroid dienone is 2. The highest BCUT2D eigenvalue weighted by molar-refractivity contribution is 5.78. The summed E-state index contributed by atoms with van der Waals surface area (Å²) >= 11 is 0. The topological polar surface area (TPSA) is 25.3 Å². The smallest absolute Gasteiger partial charge is 0.210 e. The van der Waals surface area contributed by atoms with Crippen molar-refractivity contribution in [2.24, 2.45) is 0 Å². The van der Waals surface area contributed by atoms with Crippen LogP contribution in [0.15, 0.2) is 60.2 Å². The Kier molecular flexibility index (Phi) is 8.82. The van der Waals surface area contributed by atoms with Crippen LogP contribution in [0.1, 0.15) is 94.4 Å². The average Bonchev–Trinajstić information content (AvgIpc) is 3.13. The van der Waals surface area contributed by atoms with Crippen LogP contribution in [0.3, 0.4) is 0 Å². The van der Waals surface area contributed by atoms with Crippen LogP contribution in [0.2, 0.25) is 0 Å². The Balaban J connectivity index is 1.90. The Morgan fingerprint density at radius 1 is 0.677 bits per heavy atom. The van der Waals surface area contributed by atoms with E-state index < -0.39 is 0 Å². The van der Waals surface area contributed by atoms with E-state index in [4.69, 9.17) is 0 Å². The fourth-order valence-electron chi connectivity index (χ4n) is 4.34. The first-order chi connectivity index (χ1) is 15.2. The summed E-state index contributed by atoms with van der Waals surface area (Å²) in [7, 11) is 0. The minimum absolute atomic E-state index is 0.899. The maximum absolute atomic E-state index is 11.3. The molecule has 0 fully saturated rings. The van der Waals surface area contributed by atoms with Crippen LogP contribution in [0.4, 0.5) is 0 Å². The summed E-state index contributed by atoms with van der Waals surface area (Å²) < 4.78 is 1.44. The molecule has 0 bridgehead atoms. The van der Waals surface area contributed by atoms with Gasteiger partial charge in [0.05, 0.1) is 0 Å². The van der Waals surface area contributed by atoms with Crippen molar-refractivity contribution in [2.45, 2.75) is 85.0 Å². The Hall–Kier alpha value is -2.48. The van der Waals surface area contributed by atoms with E-state index in [-0.39, 0.29) is 0 Å². The third-order valence-corrected chi connectivity index (χ3v) is 6.17. The molecular weight excluding hydrogens is 376 g/mol. The molecule has 2 aromatic rings. The van der Waals surface area contributed by atoms with Crippen molar-refractivity contribution in [1.82, 2.24) is 0 Å². The van der Waals surface area contributed by atoms with E-state index in [0.717, 1.165) is 54.6 Å². The standard InChI is InChI=1S/C29H38N2/c1-4-7-10-14-24-16-12-19-26(21-24)29-27(17-9-6-3)22-28(31(29)30)25-18-11-15-23(20-25)13-8-5-2/h11-12,15-16,18-22H,4-10,13-14,17H2,1-3H3. The van der Waals surface area contributed by atoms with Crippen molar-refractivity contribution in [3.8, 4) is 0 Å². The molecule has 0 spiro atoms. The molecule has 164 valence electrons. The van der Waals surface area contributed by atoms with Crippen molar-refractivity contribution in [3.63, 3.8) is 0 Å². The molecule has 31 heavy (non-hydrogen) atoms. The first-order valence-corrected chi connectivity index (χ1v) is 12.3. The number of rotatable bonds is 12. The number of nitrogens with zero attached hydrogens (tertiary/aromatic N) is 2. The molecule has 0 radical (unpaired) electrons. The second-order valence-electron chi connectivity index (χ2n) is 8.78. The van der Waals surface area contributed by atoms with Gasteiger partial charge in [0, 0.05) is 22.8 Å². The van der Waals surface area contributed by atoms with Crippen molar-refractivity contribution >= 4 is 11.4 Å². The summed E-state index contributed by atoms with van der Waals surface area (Å²) in [5.74, 6) is 0. The number of benzene rings is 2. The summed E-state index contributed by atoms with van der Waals surface area (Å²) in [4.78, 5) is 0. The third kappa shape index (κ3) is 6.03. The first kappa shape index (κ1) is 23.2. The zero-order valence-electron chi connectivity index (χ0n) is 19.7. The van der Waals surface area contributed by atoms with Crippen LogP contribution in [0.25, 0.3) is 16.9 Å². The van der Waals surface area contributed by atoms with Crippen molar-refractivity contribution in [1.29, 1.82) is 0 Å². The van der Waals surface area contributed by atoms with E-state index in [1.165, 1.54) is 53.5 Å². The molecule has 2 aromatic carbocycles. The van der Waals surface area contributed by atoms with Gasteiger partial charge in [-0.25, -0.2) is 4.70 Å². The van der Waals surface area contributed by atoms with Crippen LogP contribution >= 0.6 is 0 Å². The molecule has 0 unspecified atom stereocenters. The maximum Gasteiger partial charge on any atom is 0.210 e. The molecule has 0 aliphatic carbocycles. The normalized spacial score (nSPS) is 13.8. The predicted octanol–water partition coefficient (Wildman–Crippen LogP) is 8.75. The van der Waals surface area contributed by atoms with Gasteiger partial charge in [0.1, 0.15) is 0 Å². The Morgan fingerprint density at radius 3 is 1.94 bits per heavy atom. The minimum atomic E-state index is 0.899. The molecule has 0 saturated carbocycles. The van der Waals surface area contributed by atoms with Gasteiger partial charge in [-0.3, -0.25) is 0 Å². The zero-order chi connectivity index (χ0) is 22.1. The van der Waals surface area contributed by atoms with Gasteiger partial charge >= 0.3 is 0 Å². The summed E-state index contributed by atoms with van der Waals surface area (Å²) in [5, 5.41) is 0. The van der Waals surface area contributed by atoms with Gasteiger partial charge in [-0.05, 0) is 73.9 Å². The lowest BCUT2D eigenvalue weighted by atomic mass is 9.99. The van der Waals surface area contributed by atoms with Gasteiger partial charge in [0.2, 0.25) is 11.4 Å². The molecule has 2 heteroatoms. The molecule has 0 aromatic heterocycles. The molecule has 0 saturated heterocycles. The molecule has 3 rings (SSSR count). The number of unbranched alkanes of at least 4 members (excludes halogenated alkanes) is 4. The maximum atomic E-state index is 11.3. The fourth-order valence-corrected chi connectivity index (χ4v) is 4.34. The summed E-state index contributed by atoms with van der Waals surface area (Å²) in [6, 6.07) is 17.4. The second-order valence-corrected chi connectivity index (χ2v) is 8.78. The molecule has 0 atom stereocenters. The monoisotopic (exact) mass is 414 g/mol. The lowest BCUT2D eigenvalue weighted by molar-refractivity contribution is -0.344. The molecule has 0 amide bonds. The van der Waals surface area contributed by atoms with Crippen LogP contribution in [-0.4, -0.2) is 4.70 Å². The Labute approximate surface area is 189 Å². The molecular formula is C29H38N2. The number of aryl methyl sites for hydroxylation is 2. The van der Waals surface area contributed by atoms with E-state index in [1.54, 1.807) is 0 Å². The highest BCUT2D eigenvalue weighted by Gasteiger charge is 2.28. The summed E-state index contributed by atoms with van der Waals surface area (Å²) in [5.41, 5.74) is 19.3. The number of hydrogen-bond donors (Lipinski definition) is 0. The molecule has 1 aliphatic rings. The molecule has 1 heterocycles. The quantitative estimate of drug-likeness (QED) is 0.245. The van der Waals surface area contributed by atoms with Crippen LogP contribution in [-0.2, 0) is 12.8 Å². The Bertz CT molecular complexity index is 949. The van der Waals surface area contributed by atoms with Gasteiger partial charge in [0.15, 0.2) is 0 Å². The van der Waals surface area contributed by atoms with E-state index in [2.05, 4.69) is 75.4 Å². The van der Waals surface area contributed by atoms with Crippen LogP contribution in [0.5, 0.6) is 0 Å². The van der Waals surface area contributed by atoms with E-state index in [1.807, 2.05) is 0 Å². The van der Waals surface area contributed by atoms with Gasteiger partial charge in [-0.1, -0.05) is 70.7 Å². The Morgan fingerprint density at radius 2 is 1.26 bits per heavy atom. The summed E-state index contributed by atoms with van der Waals surface area (Å²) in [6.07, 6.45) is 13.8. The van der Waals surface area contributed by atoms with Crippen molar-refractivity contribution in [3.05, 3.63) is 88.0 Å². The first-order valence-electron chi connectivity index (χ1n) is 12.3. The predicted molar refractivity (Wildman–Crippen MR) is 133 cm³/mol. The number of hydrogen-bond acceptors (Lipinski definition) is 0. The third-order valence-electron chi connectivity index (χ3n) is 6.17. The van der Waals surface area contributed by atoms with E-state index in [0.29, 0.717) is 0 Å².